The second-order valence-electron chi connectivity index (χ2n) is 3.00. The topological polar surface area (TPSA) is 55.8 Å². The summed E-state index contributed by atoms with van der Waals surface area (Å²) >= 11 is 0. The minimum absolute atomic E-state index is 0.0792. The van der Waals surface area contributed by atoms with Crippen LogP contribution in [0.4, 0.5) is 0 Å². The zero-order valence-corrected chi connectivity index (χ0v) is 8.61. The monoisotopic (exact) mass is 208 g/mol. The number of methoxy groups -OCH3 is 1. The quantitative estimate of drug-likeness (QED) is 0.468. The molecule has 15 heavy (non-hydrogen) atoms. The molecule has 80 valence electrons. The molecule has 0 unspecified atom stereocenters. The zero-order chi connectivity index (χ0) is 11.4. The highest BCUT2D eigenvalue weighted by atomic mass is 16.5. The first-order chi connectivity index (χ1) is 7.04. The summed E-state index contributed by atoms with van der Waals surface area (Å²) in [5.41, 5.74) is 0.297. The van der Waals surface area contributed by atoms with Crippen LogP contribution < -0.4 is 9.47 Å². The predicted octanol–water partition coefficient (Wildman–Crippen LogP) is 1.88. The van der Waals surface area contributed by atoms with E-state index in [0.717, 1.165) is 0 Å². The van der Waals surface area contributed by atoms with Crippen LogP contribution in [0, 0.1) is 0 Å². The molecule has 4 heteroatoms. The number of esters is 1. The van der Waals surface area contributed by atoms with Crippen molar-refractivity contribution in [1.29, 1.82) is 0 Å². The fourth-order valence-electron chi connectivity index (χ4n) is 0.927. The minimum Gasteiger partial charge on any atom is -0.504 e. The lowest BCUT2D eigenvalue weighted by atomic mass is 10.3. The van der Waals surface area contributed by atoms with Crippen molar-refractivity contribution in [2.45, 2.75) is 6.92 Å². The summed E-state index contributed by atoms with van der Waals surface area (Å²) in [7, 11) is 1.44. The number of benzene rings is 1. The van der Waals surface area contributed by atoms with E-state index >= 15 is 0 Å². The number of phenols is 1. The Balaban J connectivity index is 2.84. The van der Waals surface area contributed by atoms with Gasteiger partial charge in [0.25, 0.3) is 0 Å². The number of hydrogen-bond acceptors (Lipinski definition) is 4. The van der Waals surface area contributed by atoms with Crippen molar-refractivity contribution >= 4 is 5.97 Å². The van der Waals surface area contributed by atoms with E-state index in [1.165, 1.54) is 25.3 Å². The molecule has 0 fully saturated rings. The van der Waals surface area contributed by atoms with Gasteiger partial charge in [-0.1, -0.05) is 6.58 Å². The second kappa shape index (κ2) is 4.50. The lowest BCUT2D eigenvalue weighted by Gasteiger charge is -2.06. The largest absolute Gasteiger partial charge is 0.504 e. The number of rotatable bonds is 3. The van der Waals surface area contributed by atoms with Gasteiger partial charge in [-0.3, -0.25) is 0 Å². The van der Waals surface area contributed by atoms with Crippen LogP contribution >= 0.6 is 0 Å². The van der Waals surface area contributed by atoms with Crippen LogP contribution in [0.5, 0.6) is 17.2 Å². The van der Waals surface area contributed by atoms with E-state index in [0.29, 0.717) is 11.3 Å². The average molecular weight is 208 g/mol. The first kappa shape index (κ1) is 11.1. The zero-order valence-electron chi connectivity index (χ0n) is 8.61. The lowest BCUT2D eigenvalue weighted by molar-refractivity contribution is -0.130. The van der Waals surface area contributed by atoms with Crippen molar-refractivity contribution in [2.24, 2.45) is 0 Å². The van der Waals surface area contributed by atoms with E-state index in [9.17, 15) is 9.90 Å². The summed E-state index contributed by atoms with van der Waals surface area (Å²) in [6.07, 6.45) is 0. The van der Waals surface area contributed by atoms with Gasteiger partial charge >= 0.3 is 5.97 Å². The molecule has 0 saturated carbocycles. The second-order valence-corrected chi connectivity index (χ2v) is 3.00. The van der Waals surface area contributed by atoms with Crippen molar-refractivity contribution in [2.75, 3.05) is 7.11 Å². The third-order valence-electron chi connectivity index (χ3n) is 1.71. The standard InChI is InChI=1S/C11H12O4/c1-7(2)11(13)15-8-4-5-10(14-3)9(12)6-8/h4-6,12H,1H2,2-3H3. The molecule has 0 aromatic heterocycles. The number of aromatic hydroxyl groups is 1. The molecular weight excluding hydrogens is 196 g/mol. The molecule has 0 heterocycles. The third kappa shape index (κ3) is 2.74. The Labute approximate surface area is 87.7 Å². The van der Waals surface area contributed by atoms with Gasteiger partial charge in [0.1, 0.15) is 5.75 Å². The smallest absolute Gasteiger partial charge is 0.338 e. The first-order valence-electron chi connectivity index (χ1n) is 4.29. The van der Waals surface area contributed by atoms with E-state index in [1.54, 1.807) is 6.92 Å². The number of hydrogen-bond donors (Lipinski definition) is 1. The molecule has 1 aromatic rings. The number of phenolic OH excluding ortho intramolecular Hbond substituents is 1. The van der Waals surface area contributed by atoms with Crippen LogP contribution in [0.1, 0.15) is 6.92 Å². The summed E-state index contributed by atoms with van der Waals surface area (Å²) in [5.74, 6) is -0.0319. The van der Waals surface area contributed by atoms with E-state index in [1.807, 2.05) is 0 Å². The van der Waals surface area contributed by atoms with E-state index in [-0.39, 0.29) is 11.5 Å². The number of ether oxygens (including phenoxy) is 2. The highest BCUT2D eigenvalue weighted by Gasteiger charge is 2.08. The van der Waals surface area contributed by atoms with Crippen molar-refractivity contribution in [3.63, 3.8) is 0 Å². The molecule has 0 bridgehead atoms. The van der Waals surface area contributed by atoms with E-state index < -0.39 is 5.97 Å². The van der Waals surface area contributed by atoms with Crippen molar-refractivity contribution in [3.8, 4) is 17.2 Å². The molecular formula is C11H12O4. The summed E-state index contributed by atoms with van der Waals surface area (Å²) in [5, 5.41) is 9.40. The van der Waals surface area contributed by atoms with Gasteiger partial charge < -0.3 is 14.6 Å². The van der Waals surface area contributed by atoms with Crippen LogP contribution in [0.3, 0.4) is 0 Å². The highest BCUT2D eigenvalue weighted by molar-refractivity contribution is 5.88. The molecule has 1 rings (SSSR count). The van der Waals surface area contributed by atoms with Gasteiger partial charge in [-0.15, -0.1) is 0 Å². The lowest BCUT2D eigenvalue weighted by Crippen LogP contribution is -2.07. The molecule has 0 aliphatic rings. The van der Waals surface area contributed by atoms with Crippen LogP contribution in [-0.4, -0.2) is 18.2 Å². The van der Waals surface area contributed by atoms with Gasteiger partial charge in [-0.25, -0.2) is 4.79 Å². The van der Waals surface area contributed by atoms with Crippen LogP contribution in [0.15, 0.2) is 30.4 Å². The summed E-state index contributed by atoms with van der Waals surface area (Å²) in [6, 6.07) is 4.34. The van der Waals surface area contributed by atoms with Crippen LogP contribution in [0.2, 0.25) is 0 Å². The fraction of sp³-hybridized carbons (Fsp3) is 0.182. The predicted molar refractivity (Wildman–Crippen MR) is 55.1 cm³/mol. The Morgan fingerprint density at radius 1 is 1.47 bits per heavy atom. The van der Waals surface area contributed by atoms with Gasteiger partial charge in [-0.05, 0) is 19.1 Å². The summed E-state index contributed by atoms with van der Waals surface area (Å²) in [4.78, 5) is 11.1. The van der Waals surface area contributed by atoms with Gasteiger partial charge in [0.2, 0.25) is 0 Å². The van der Waals surface area contributed by atoms with E-state index in [2.05, 4.69) is 6.58 Å². The Kier molecular flexibility index (Phi) is 3.33. The maximum Gasteiger partial charge on any atom is 0.338 e. The van der Waals surface area contributed by atoms with Gasteiger partial charge in [0.15, 0.2) is 11.5 Å². The maximum atomic E-state index is 11.1. The van der Waals surface area contributed by atoms with Crippen LogP contribution in [-0.2, 0) is 4.79 Å². The van der Waals surface area contributed by atoms with Crippen molar-refractivity contribution in [3.05, 3.63) is 30.4 Å². The van der Waals surface area contributed by atoms with Crippen molar-refractivity contribution in [1.82, 2.24) is 0 Å². The molecule has 0 radical (unpaired) electrons. The van der Waals surface area contributed by atoms with Crippen molar-refractivity contribution < 1.29 is 19.4 Å². The molecule has 0 aliphatic heterocycles. The SMILES string of the molecule is C=C(C)C(=O)Oc1ccc(OC)c(O)c1. The number of carbonyl (C=O) groups excluding carboxylic acids is 1. The molecule has 0 saturated heterocycles. The molecule has 0 aliphatic carbocycles. The Morgan fingerprint density at radius 2 is 2.13 bits per heavy atom. The van der Waals surface area contributed by atoms with Gasteiger partial charge in [0, 0.05) is 11.6 Å². The fourth-order valence-corrected chi connectivity index (χ4v) is 0.927. The van der Waals surface area contributed by atoms with Gasteiger partial charge in [0.05, 0.1) is 7.11 Å². The third-order valence-corrected chi connectivity index (χ3v) is 1.71. The van der Waals surface area contributed by atoms with E-state index in [4.69, 9.17) is 9.47 Å². The number of carbonyl (C=O) groups is 1. The minimum atomic E-state index is -0.528. The summed E-state index contributed by atoms with van der Waals surface area (Å²) < 4.78 is 9.75. The molecule has 1 aromatic carbocycles. The van der Waals surface area contributed by atoms with Crippen LogP contribution in [0.25, 0.3) is 0 Å². The first-order valence-corrected chi connectivity index (χ1v) is 4.29. The Morgan fingerprint density at radius 3 is 2.60 bits per heavy atom. The Bertz CT molecular complexity index is 396. The van der Waals surface area contributed by atoms with Gasteiger partial charge in [-0.2, -0.15) is 0 Å². The molecule has 0 amide bonds. The molecule has 0 spiro atoms. The molecule has 0 atom stereocenters. The maximum absolute atomic E-state index is 11.1. The Hall–Kier alpha value is -1.97. The molecule has 1 N–H and O–H groups in total. The highest BCUT2D eigenvalue weighted by Crippen LogP contribution is 2.29. The molecule has 4 nitrogen and oxygen atoms in total. The normalized spacial score (nSPS) is 9.47. The summed E-state index contributed by atoms with van der Waals surface area (Å²) in [6.45, 7) is 4.99. The average Bonchev–Trinajstić information content (AvgIpc) is 2.18.